The summed E-state index contributed by atoms with van der Waals surface area (Å²) in [6, 6.07) is 13.6. The van der Waals surface area contributed by atoms with Gasteiger partial charge in [0.2, 0.25) is 5.75 Å². The largest absolute Gasteiger partial charge is 0.493 e. The second-order valence-corrected chi connectivity index (χ2v) is 8.28. The number of para-hydroxylation sites is 2. The second kappa shape index (κ2) is 11.2. The number of aromatic nitrogens is 4. The Morgan fingerprint density at radius 3 is 2.17 bits per heavy atom. The third kappa shape index (κ3) is 6.62. The number of anilines is 1. The molecule has 4 aromatic rings. The van der Waals surface area contributed by atoms with Crippen LogP contribution in [0.5, 0.6) is 23.1 Å². The van der Waals surface area contributed by atoms with Gasteiger partial charge in [-0.05, 0) is 42.8 Å². The normalized spacial score (nSPS) is 10.6. The van der Waals surface area contributed by atoms with Gasteiger partial charge < -0.3 is 19.9 Å². The van der Waals surface area contributed by atoms with Crippen LogP contribution in [0.15, 0.2) is 72.1 Å². The highest BCUT2D eigenvalue weighted by Crippen LogP contribution is 2.39. The van der Waals surface area contributed by atoms with Gasteiger partial charge in [-0.1, -0.05) is 18.2 Å². The molecule has 1 aromatic carbocycles. The Balaban J connectivity index is 0.000000261. The number of hydrogen-bond donors (Lipinski definition) is 2. The van der Waals surface area contributed by atoms with Crippen LogP contribution in [0.3, 0.4) is 0 Å². The van der Waals surface area contributed by atoms with E-state index < -0.39 is 10.1 Å². The van der Waals surface area contributed by atoms with E-state index in [0.717, 1.165) is 11.1 Å². The van der Waals surface area contributed by atoms with Crippen molar-refractivity contribution in [2.45, 2.75) is 11.9 Å². The molecule has 4 rings (SSSR count). The summed E-state index contributed by atoms with van der Waals surface area (Å²) in [5, 5.41) is -0.317. The van der Waals surface area contributed by atoms with E-state index in [1.165, 1.54) is 19.4 Å². The highest BCUT2D eigenvalue weighted by atomic mass is 32.2. The van der Waals surface area contributed by atoms with Gasteiger partial charge in [-0.25, -0.2) is 9.97 Å². The third-order valence-corrected chi connectivity index (χ3v) is 5.19. The predicted octanol–water partition coefficient (Wildman–Crippen LogP) is 3.57. The molecule has 182 valence electrons. The fraction of sp³-hybridized carbons (Fsp3) is 0.130. The Bertz CT molecular complexity index is 1380. The minimum atomic E-state index is -4.13. The second-order valence-electron chi connectivity index (χ2n) is 6.91. The molecule has 0 amide bonds. The summed E-state index contributed by atoms with van der Waals surface area (Å²) < 4.78 is 45.8. The standard InChI is InChI=1S/C17H16N4O3.C6H7NO3S/c1-22-12-5-3-4-6-13(12)24-14-15(18)20-16(21-17(14)23-2)11-7-9-19-10-8-11;1-5-2-3-6(7-4-5)11(8,9)10/h3-10H,1-2H3,(H2,18,20,21);2-4H,1H3,(H,8,9,10). The van der Waals surface area contributed by atoms with E-state index in [-0.39, 0.29) is 22.5 Å². The Morgan fingerprint density at radius 1 is 0.914 bits per heavy atom. The first-order valence-corrected chi connectivity index (χ1v) is 11.5. The van der Waals surface area contributed by atoms with Crippen molar-refractivity contribution in [1.82, 2.24) is 19.9 Å². The van der Waals surface area contributed by atoms with Gasteiger partial charge in [0.25, 0.3) is 5.88 Å². The Morgan fingerprint density at radius 2 is 1.60 bits per heavy atom. The van der Waals surface area contributed by atoms with Gasteiger partial charge in [0.05, 0.1) is 14.2 Å². The molecule has 0 aliphatic rings. The molecule has 0 fully saturated rings. The molecule has 0 atom stereocenters. The number of hydrogen-bond acceptors (Lipinski definition) is 10. The lowest BCUT2D eigenvalue weighted by atomic mass is 10.2. The summed E-state index contributed by atoms with van der Waals surface area (Å²) in [6.45, 7) is 1.78. The van der Waals surface area contributed by atoms with Gasteiger partial charge >= 0.3 is 10.1 Å². The fourth-order valence-corrected chi connectivity index (χ4v) is 3.16. The van der Waals surface area contributed by atoms with E-state index in [1.807, 2.05) is 12.1 Å². The van der Waals surface area contributed by atoms with E-state index in [1.54, 1.807) is 56.8 Å². The van der Waals surface area contributed by atoms with E-state index in [4.69, 9.17) is 24.5 Å². The summed E-state index contributed by atoms with van der Waals surface area (Å²) in [5.74, 6) is 2.13. The number of aryl methyl sites for hydroxylation is 1. The first-order chi connectivity index (χ1) is 16.7. The highest BCUT2D eigenvalue weighted by molar-refractivity contribution is 7.85. The average molecular weight is 498 g/mol. The van der Waals surface area contributed by atoms with Crippen molar-refractivity contribution >= 4 is 15.9 Å². The number of ether oxygens (including phenoxy) is 3. The molecule has 3 heterocycles. The van der Waals surface area contributed by atoms with Crippen LogP contribution in [0, 0.1) is 6.92 Å². The molecule has 0 aliphatic carbocycles. The summed E-state index contributed by atoms with van der Waals surface area (Å²) in [5.41, 5.74) is 7.68. The van der Waals surface area contributed by atoms with Crippen LogP contribution >= 0.6 is 0 Å². The number of nitrogens with zero attached hydrogens (tertiary/aromatic N) is 4. The molecule has 0 saturated heterocycles. The molecule has 12 heteroatoms. The molecule has 0 saturated carbocycles. The van der Waals surface area contributed by atoms with Crippen molar-refractivity contribution in [1.29, 1.82) is 0 Å². The zero-order valence-electron chi connectivity index (χ0n) is 19.1. The van der Waals surface area contributed by atoms with Gasteiger partial charge in [-0.2, -0.15) is 13.4 Å². The predicted molar refractivity (Wildman–Crippen MR) is 128 cm³/mol. The van der Waals surface area contributed by atoms with Crippen LogP contribution in [0.25, 0.3) is 11.4 Å². The molecular weight excluding hydrogens is 474 g/mol. The molecule has 3 aromatic heterocycles. The summed E-state index contributed by atoms with van der Waals surface area (Å²) in [7, 11) is -1.08. The number of nitrogens with two attached hydrogens (primary N) is 1. The molecule has 11 nitrogen and oxygen atoms in total. The number of pyridine rings is 2. The molecule has 0 radical (unpaired) electrons. The number of benzene rings is 1. The van der Waals surface area contributed by atoms with Crippen molar-refractivity contribution in [2.24, 2.45) is 0 Å². The van der Waals surface area contributed by atoms with Crippen LogP contribution in [0.2, 0.25) is 0 Å². The van der Waals surface area contributed by atoms with Crippen LogP contribution in [0.1, 0.15) is 5.56 Å². The molecular formula is C23H23N5O6S. The molecule has 0 bridgehead atoms. The van der Waals surface area contributed by atoms with E-state index in [9.17, 15) is 8.42 Å². The van der Waals surface area contributed by atoms with Crippen molar-refractivity contribution in [3.05, 3.63) is 72.7 Å². The van der Waals surface area contributed by atoms with Crippen molar-refractivity contribution in [2.75, 3.05) is 20.0 Å². The highest BCUT2D eigenvalue weighted by Gasteiger charge is 2.18. The Kier molecular flexibility index (Phi) is 8.12. The number of nitrogen functional groups attached to an aromatic ring is 1. The first kappa shape index (κ1) is 25.3. The number of rotatable bonds is 6. The zero-order valence-corrected chi connectivity index (χ0v) is 19.9. The summed E-state index contributed by atoms with van der Waals surface area (Å²) in [6.07, 6.45) is 4.68. The summed E-state index contributed by atoms with van der Waals surface area (Å²) >= 11 is 0. The SMILES string of the molecule is COc1ccccc1Oc1c(N)nc(-c2ccncc2)nc1OC.Cc1ccc(S(=O)(=O)O)nc1. The van der Waals surface area contributed by atoms with Gasteiger partial charge in [-0.3, -0.25) is 9.54 Å². The smallest absolute Gasteiger partial charge is 0.312 e. The maximum atomic E-state index is 10.4. The van der Waals surface area contributed by atoms with Gasteiger partial charge in [-0.15, -0.1) is 0 Å². The molecule has 35 heavy (non-hydrogen) atoms. The fourth-order valence-electron chi connectivity index (χ4n) is 2.73. The number of methoxy groups -OCH3 is 2. The first-order valence-electron chi connectivity index (χ1n) is 10.1. The van der Waals surface area contributed by atoms with Crippen molar-refractivity contribution < 1.29 is 27.2 Å². The van der Waals surface area contributed by atoms with Crippen LogP contribution in [-0.4, -0.2) is 47.1 Å². The van der Waals surface area contributed by atoms with Gasteiger partial charge in [0.15, 0.2) is 28.2 Å². The maximum absolute atomic E-state index is 10.4. The lowest BCUT2D eigenvalue weighted by Gasteiger charge is -2.14. The molecule has 0 unspecified atom stereocenters. The van der Waals surface area contributed by atoms with Crippen LogP contribution in [-0.2, 0) is 10.1 Å². The molecule has 0 spiro atoms. The van der Waals surface area contributed by atoms with Crippen molar-refractivity contribution in [3.8, 4) is 34.5 Å². The minimum absolute atomic E-state index is 0.166. The van der Waals surface area contributed by atoms with E-state index in [2.05, 4.69) is 19.9 Å². The topological polar surface area (TPSA) is 160 Å². The average Bonchev–Trinajstić information content (AvgIpc) is 2.86. The minimum Gasteiger partial charge on any atom is -0.493 e. The lowest BCUT2D eigenvalue weighted by Crippen LogP contribution is -2.03. The molecule has 3 N–H and O–H groups in total. The van der Waals surface area contributed by atoms with Crippen molar-refractivity contribution in [3.63, 3.8) is 0 Å². The van der Waals surface area contributed by atoms with Gasteiger partial charge in [0, 0.05) is 24.2 Å². The quantitative estimate of drug-likeness (QED) is 0.375. The Hall–Kier alpha value is -4.29. The lowest BCUT2D eigenvalue weighted by molar-refractivity contribution is 0.348. The van der Waals surface area contributed by atoms with Crippen LogP contribution in [0.4, 0.5) is 5.82 Å². The zero-order chi connectivity index (χ0) is 25.4. The molecule has 0 aliphatic heterocycles. The third-order valence-electron chi connectivity index (χ3n) is 4.42. The van der Waals surface area contributed by atoms with Crippen LogP contribution < -0.4 is 19.9 Å². The Labute approximate surface area is 202 Å². The van der Waals surface area contributed by atoms with E-state index >= 15 is 0 Å². The summed E-state index contributed by atoms with van der Waals surface area (Å²) in [4.78, 5) is 16.1. The monoisotopic (exact) mass is 497 g/mol. The van der Waals surface area contributed by atoms with E-state index in [0.29, 0.717) is 17.3 Å². The van der Waals surface area contributed by atoms with Gasteiger partial charge in [0.1, 0.15) is 0 Å². The maximum Gasteiger partial charge on any atom is 0.312 e.